The van der Waals surface area contributed by atoms with E-state index in [4.69, 9.17) is 0 Å². The molecule has 182 valence electrons. The number of carbonyl (C=O) groups excluding carboxylic acids is 1. The van der Waals surface area contributed by atoms with Crippen LogP contribution < -0.4 is 5.43 Å². The zero-order valence-corrected chi connectivity index (χ0v) is 20.2. The van der Waals surface area contributed by atoms with Crippen LogP contribution in [0.15, 0.2) is 107 Å². The molecule has 0 bridgehead atoms. The number of nitrogens with zero attached hydrogens (tertiary/aromatic N) is 5. The third-order valence-electron chi connectivity index (χ3n) is 5.51. The fourth-order valence-corrected chi connectivity index (χ4v) is 4.56. The van der Waals surface area contributed by atoms with Crippen molar-refractivity contribution >= 4 is 40.3 Å². The van der Waals surface area contributed by atoms with Crippen LogP contribution in [0, 0.1) is 10.1 Å². The molecule has 0 fully saturated rings. The maximum atomic E-state index is 12.5. The molecule has 1 aromatic heterocycles. The van der Waals surface area contributed by atoms with Gasteiger partial charge in [-0.3, -0.25) is 19.5 Å². The Morgan fingerprint density at radius 1 is 0.973 bits per heavy atom. The molecule has 0 saturated heterocycles. The fourth-order valence-electron chi connectivity index (χ4n) is 3.82. The summed E-state index contributed by atoms with van der Waals surface area (Å²) in [4.78, 5) is 23.3. The molecular formula is C27H20N6O3S. The van der Waals surface area contributed by atoms with Crippen molar-refractivity contribution in [3.63, 3.8) is 0 Å². The quantitative estimate of drug-likeness (QED) is 0.133. The molecule has 37 heavy (non-hydrogen) atoms. The number of benzene rings is 4. The predicted molar refractivity (Wildman–Crippen MR) is 144 cm³/mol. The summed E-state index contributed by atoms with van der Waals surface area (Å²) in [6.07, 6.45) is 1.62. The van der Waals surface area contributed by atoms with Gasteiger partial charge in [0.05, 0.1) is 16.9 Å². The number of non-ortho nitro benzene ring substituents is 1. The third kappa shape index (κ3) is 5.39. The molecule has 1 N–H and O–H groups in total. The van der Waals surface area contributed by atoms with E-state index in [0.29, 0.717) is 16.5 Å². The highest BCUT2D eigenvalue weighted by Gasteiger charge is 2.19. The number of hydrogen-bond acceptors (Lipinski definition) is 7. The second kappa shape index (κ2) is 10.8. The van der Waals surface area contributed by atoms with Gasteiger partial charge in [0.15, 0.2) is 11.0 Å². The van der Waals surface area contributed by atoms with Crippen LogP contribution in [-0.4, -0.2) is 37.6 Å². The molecule has 0 aliphatic rings. The van der Waals surface area contributed by atoms with Crippen molar-refractivity contribution in [2.24, 2.45) is 5.10 Å². The van der Waals surface area contributed by atoms with Crippen molar-refractivity contribution in [2.45, 2.75) is 5.16 Å². The number of thioether (sulfide) groups is 1. The number of rotatable bonds is 8. The molecule has 4 aromatic carbocycles. The Morgan fingerprint density at radius 3 is 2.57 bits per heavy atom. The van der Waals surface area contributed by atoms with Crippen LogP contribution in [0.3, 0.4) is 0 Å². The first-order valence-electron chi connectivity index (χ1n) is 11.3. The van der Waals surface area contributed by atoms with Crippen molar-refractivity contribution in [3.05, 3.63) is 113 Å². The number of para-hydroxylation sites is 1. The van der Waals surface area contributed by atoms with E-state index in [-0.39, 0.29) is 17.3 Å². The van der Waals surface area contributed by atoms with Crippen molar-refractivity contribution in [1.29, 1.82) is 0 Å². The number of nitro groups is 1. The average Bonchev–Trinajstić information content (AvgIpc) is 3.36. The van der Waals surface area contributed by atoms with E-state index in [0.717, 1.165) is 22.0 Å². The second-order valence-electron chi connectivity index (χ2n) is 7.93. The monoisotopic (exact) mass is 508 g/mol. The van der Waals surface area contributed by atoms with Crippen LogP contribution in [0.2, 0.25) is 0 Å². The summed E-state index contributed by atoms with van der Waals surface area (Å²) in [5.41, 5.74) is 4.73. The van der Waals surface area contributed by atoms with E-state index >= 15 is 0 Å². The molecule has 0 spiro atoms. The van der Waals surface area contributed by atoms with Crippen molar-refractivity contribution in [1.82, 2.24) is 20.2 Å². The smallest absolute Gasteiger partial charge is 0.270 e. The van der Waals surface area contributed by atoms with Gasteiger partial charge in [-0.2, -0.15) is 5.10 Å². The van der Waals surface area contributed by atoms with Gasteiger partial charge >= 0.3 is 0 Å². The normalized spacial score (nSPS) is 11.1. The number of amides is 1. The standard InChI is InChI=1S/C27H20N6O3S/c34-25(29-28-17-21-11-6-9-19-8-4-5-15-24(19)21)18-37-27-31-30-26(32(27)22-12-2-1-3-13-22)20-10-7-14-23(16-20)33(35)36/h1-17H,18H2,(H,29,34)/b28-17-. The van der Waals surface area contributed by atoms with Gasteiger partial charge in [0.2, 0.25) is 0 Å². The molecule has 0 radical (unpaired) electrons. The lowest BCUT2D eigenvalue weighted by Gasteiger charge is -2.10. The molecule has 1 heterocycles. The van der Waals surface area contributed by atoms with Gasteiger partial charge in [0, 0.05) is 28.9 Å². The summed E-state index contributed by atoms with van der Waals surface area (Å²) >= 11 is 1.19. The van der Waals surface area contributed by atoms with E-state index < -0.39 is 4.92 Å². The molecular weight excluding hydrogens is 488 g/mol. The Bertz CT molecular complexity index is 1610. The van der Waals surface area contributed by atoms with Crippen LogP contribution in [0.1, 0.15) is 5.56 Å². The minimum absolute atomic E-state index is 0.0438. The number of carbonyl (C=O) groups is 1. The summed E-state index contributed by atoms with van der Waals surface area (Å²) < 4.78 is 1.77. The lowest BCUT2D eigenvalue weighted by atomic mass is 10.1. The van der Waals surface area contributed by atoms with Crippen LogP contribution in [-0.2, 0) is 4.79 Å². The first kappa shape index (κ1) is 23.9. The maximum absolute atomic E-state index is 12.5. The van der Waals surface area contributed by atoms with Gasteiger partial charge in [-0.25, -0.2) is 5.43 Å². The van der Waals surface area contributed by atoms with E-state index in [9.17, 15) is 14.9 Å². The third-order valence-corrected chi connectivity index (χ3v) is 6.44. The molecule has 0 saturated carbocycles. The molecule has 10 heteroatoms. The van der Waals surface area contributed by atoms with E-state index in [1.165, 1.54) is 23.9 Å². The molecule has 0 aliphatic carbocycles. The van der Waals surface area contributed by atoms with Crippen LogP contribution >= 0.6 is 11.8 Å². The maximum Gasteiger partial charge on any atom is 0.270 e. The van der Waals surface area contributed by atoms with E-state index in [1.54, 1.807) is 22.9 Å². The minimum atomic E-state index is -0.453. The van der Waals surface area contributed by atoms with Crippen molar-refractivity contribution < 1.29 is 9.72 Å². The lowest BCUT2D eigenvalue weighted by molar-refractivity contribution is -0.384. The molecule has 9 nitrogen and oxygen atoms in total. The number of hydrazone groups is 1. The van der Waals surface area contributed by atoms with Gasteiger partial charge in [-0.1, -0.05) is 84.6 Å². The molecule has 0 aliphatic heterocycles. The molecule has 0 atom stereocenters. The number of fused-ring (bicyclic) bond motifs is 1. The Kier molecular flexibility index (Phi) is 7.00. The van der Waals surface area contributed by atoms with Crippen LogP contribution in [0.5, 0.6) is 0 Å². The molecule has 5 aromatic rings. The van der Waals surface area contributed by atoms with Gasteiger partial charge in [-0.05, 0) is 22.9 Å². The Morgan fingerprint density at radius 2 is 1.73 bits per heavy atom. The second-order valence-corrected chi connectivity index (χ2v) is 8.88. The average molecular weight is 509 g/mol. The Hall–Kier alpha value is -4.83. The molecule has 1 amide bonds. The topological polar surface area (TPSA) is 115 Å². The van der Waals surface area contributed by atoms with Gasteiger partial charge < -0.3 is 0 Å². The number of aromatic nitrogens is 3. The van der Waals surface area contributed by atoms with Gasteiger partial charge in [0.25, 0.3) is 11.6 Å². The largest absolute Gasteiger partial charge is 0.272 e. The Labute approximate surface area is 216 Å². The highest BCUT2D eigenvalue weighted by Crippen LogP contribution is 2.29. The van der Waals surface area contributed by atoms with Gasteiger partial charge in [-0.15, -0.1) is 10.2 Å². The minimum Gasteiger partial charge on any atom is -0.272 e. The zero-order valence-electron chi connectivity index (χ0n) is 19.4. The van der Waals surface area contributed by atoms with Crippen LogP contribution in [0.25, 0.3) is 27.8 Å². The van der Waals surface area contributed by atoms with E-state index in [2.05, 4.69) is 20.7 Å². The van der Waals surface area contributed by atoms with Crippen LogP contribution in [0.4, 0.5) is 5.69 Å². The van der Waals surface area contributed by atoms with Crippen molar-refractivity contribution in [3.8, 4) is 17.1 Å². The summed E-state index contributed by atoms with van der Waals surface area (Å²) in [5, 5.41) is 26.5. The van der Waals surface area contributed by atoms with E-state index in [1.807, 2.05) is 72.8 Å². The summed E-state index contributed by atoms with van der Waals surface area (Å²) in [7, 11) is 0. The lowest BCUT2D eigenvalue weighted by Crippen LogP contribution is -2.20. The number of nitrogens with one attached hydrogen (secondary N) is 1. The molecule has 5 rings (SSSR count). The summed E-state index contributed by atoms with van der Waals surface area (Å²) in [6, 6.07) is 29.4. The highest BCUT2D eigenvalue weighted by atomic mass is 32.2. The molecule has 0 unspecified atom stereocenters. The SMILES string of the molecule is O=C(CSc1nnc(-c2cccc([N+](=O)[O-])c2)n1-c1ccccc1)N/N=C\c1cccc2ccccc12. The number of nitro benzene ring substituents is 1. The predicted octanol–water partition coefficient (Wildman–Crippen LogP) is 5.24. The summed E-state index contributed by atoms with van der Waals surface area (Å²) in [5.74, 6) is 0.181. The van der Waals surface area contributed by atoms with Crippen molar-refractivity contribution in [2.75, 3.05) is 5.75 Å². The zero-order chi connectivity index (χ0) is 25.6. The summed E-state index contributed by atoms with van der Waals surface area (Å²) in [6.45, 7) is 0. The fraction of sp³-hybridized carbons (Fsp3) is 0.0370. The highest BCUT2D eigenvalue weighted by molar-refractivity contribution is 7.99. The Balaban J connectivity index is 1.34. The number of hydrogen-bond donors (Lipinski definition) is 1. The first-order valence-corrected chi connectivity index (χ1v) is 12.3. The van der Waals surface area contributed by atoms with Gasteiger partial charge in [0.1, 0.15) is 0 Å². The first-order chi connectivity index (χ1) is 18.1.